The maximum atomic E-state index is 12.7. The first-order chi connectivity index (χ1) is 11.8. The van der Waals surface area contributed by atoms with Gasteiger partial charge in [0.25, 0.3) is 5.91 Å². The number of rotatable bonds is 6. The number of benzene rings is 1. The number of hydrogen-bond acceptors (Lipinski definition) is 5. The van der Waals surface area contributed by atoms with Gasteiger partial charge >= 0.3 is 0 Å². The van der Waals surface area contributed by atoms with Crippen molar-refractivity contribution in [2.24, 2.45) is 0 Å². The monoisotopic (exact) mass is 359 g/mol. The quantitative estimate of drug-likeness (QED) is 0.600. The highest BCUT2D eigenvalue weighted by Crippen LogP contribution is 2.25. The van der Waals surface area contributed by atoms with E-state index in [1.54, 1.807) is 0 Å². The van der Waals surface area contributed by atoms with Gasteiger partial charge in [0.05, 0.1) is 17.4 Å². The number of aromatic nitrogens is 2. The fourth-order valence-corrected chi connectivity index (χ4v) is 2.95. The topological polar surface area (TPSA) is 64.1 Å². The molecule has 2 rings (SSSR count). The van der Waals surface area contributed by atoms with E-state index in [-0.39, 0.29) is 17.9 Å². The summed E-state index contributed by atoms with van der Waals surface area (Å²) in [7, 11) is 0. The van der Waals surface area contributed by atoms with E-state index < -0.39 is 0 Å². The summed E-state index contributed by atoms with van der Waals surface area (Å²) in [6.07, 6.45) is 2.03. The van der Waals surface area contributed by atoms with Crippen molar-refractivity contribution < 1.29 is 9.53 Å². The highest BCUT2D eigenvalue weighted by atomic mass is 32.2. The van der Waals surface area contributed by atoms with Crippen molar-refractivity contribution in [2.45, 2.75) is 51.7 Å². The van der Waals surface area contributed by atoms with Gasteiger partial charge in [-0.3, -0.25) is 4.79 Å². The maximum Gasteiger partial charge on any atom is 0.260 e. The average Bonchev–Trinajstić information content (AvgIpc) is 2.55. The number of aryl methyl sites for hydroxylation is 1. The lowest BCUT2D eigenvalue weighted by atomic mass is 10.1. The fourth-order valence-electron chi connectivity index (χ4n) is 2.32. The molecule has 0 fully saturated rings. The Balaban J connectivity index is 2.23. The number of thioether (sulfide) groups is 1. The first-order valence-corrected chi connectivity index (χ1v) is 9.54. The highest BCUT2D eigenvalue weighted by Gasteiger charge is 2.19. The molecule has 0 saturated carbocycles. The zero-order chi connectivity index (χ0) is 18.6. The number of nitrogens with one attached hydrogen (secondary N) is 1. The van der Waals surface area contributed by atoms with Gasteiger partial charge < -0.3 is 10.1 Å². The number of carbonyl (C=O) groups excluding carboxylic acids is 1. The molecule has 6 heteroatoms. The Morgan fingerprint density at radius 1 is 1.12 bits per heavy atom. The molecule has 0 aliphatic heterocycles. The third-order valence-corrected chi connectivity index (χ3v) is 4.18. The van der Waals surface area contributed by atoms with Gasteiger partial charge in [-0.25, -0.2) is 9.97 Å². The minimum Gasteiger partial charge on any atom is -0.491 e. The van der Waals surface area contributed by atoms with E-state index in [4.69, 9.17) is 4.74 Å². The summed E-state index contributed by atoms with van der Waals surface area (Å²) in [6.45, 7) is 9.88. The van der Waals surface area contributed by atoms with Crippen molar-refractivity contribution in [3.05, 3.63) is 41.3 Å². The van der Waals surface area contributed by atoms with Crippen LogP contribution in [0.1, 0.15) is 55.5 Å². The maximum absolute atomic E-state index is 12.7. The molecule has 0 spiro atoms. The van der Waals surface area contributed by atoms with Crippen molar-refractivity contribution in [1.29, 1.82) is 0 Å². The van der Waals surface area contributed by atoms with E-state index in [1.165, 1.54) is 11.8 Å². The van der Waals surface area contributed by atoms with Crippen molar-refractivity contribution >= 4 is 23.4 Å². The van der Waals surface area contributed by atoms with Gasteiger partial charge in [0.2, 0.25) is 0 Å². The molecule has 0 radical (unpaired) electrons. The van der Waals surface area contributed by atoms with Gasteiger partial charge in [-0.2, -0.15) is 0 Å². The summed E-state index contributed by atoms with van der Waals surface area (Å²) >= 11 is 1.46. The van der Waals surface area contributed by atoms with Crippen LogP contribution in [0.2, 0.25) is 0 Å². The second-order valence-electron chi connectivity index (χ2n) is 6.35. The molecular weight excluding hydrogens is 334 g/mol. The van der Waals surface area contributed by atoms with Gasteiger partial charge in [0, 0.05) is 11.6 Å². The predicted molar refractivity (Wildman–Crippen MR) is 103 cm³/mol. The van der Waals surface area contributed by atoms with Crippen molar-refractivity contribution in [1.82, 2.24) is 9.97 Å². The van der Waals surface area contributed by atoms with Crippen LogP contribution in [0.15, 0.2) is 29.3 Å². The molecule has 1 amide bonds. The zero-order valence-electron chi connectivity index (χ0n) is 15.6. The third kappa shape index (κ3) is 4.95. The second-order valence-corrected chi connectivity index (χ2v) is 7.15. The minimum atomic E-state index is -0.199. The molecular formula is C19H25N3O2S. The van der Waals surface area contributed by atoms with Gasteiger partial charge in [0.15, 0.2) is 0 Å². The summed E-state index contributed by atoms with van der Waals surface area (Å²) < 4.78 is 5.61. The van der Waals surface area contributed by atoms with Gasteiger partial charge in [-0.15, -0.1) is 11.8 Å². The lowest BCUT2D eigenvalue weighted by Crippen LogP contribution is -2.17. The van der Waals surface area contributed by atoms with Crippen LogP contribution >= 0.6 is 11.8 Å². The molecule has 0 aliphatic carbocycles. The Kier molecular flexibility index (Phi) is 6.42. The van der Waals surface area contributed by atoms with E-state index in [9.17, 15) is 4.79 Å². The summed E-state index contributed by atoms with van der Waals surface area (Å²) in [5, 5.41) is 3.62. The molecule has 0 bridgehead atoms. The summed E-state index contributed by atoms with van der Waals surface area (Å²) in [5.41, 5.74) is 1.93. The number of ether oxygens (including phenoxy) is 1. The molecule has 1 aromatic carbocycles. The van der Waals surface area contributed by atoms with E-state index >= 15 is 0 Å². The Labute approximate surface area is 153 Å². The Morgan fingerprint density at radius 2 is 1.76 bits per heavy atom. The van der Waals surface area contributed by atoms with E-state index in [0.717, 1.165) is 11.6 Å². The minimum absolute atomic E-state index is 0.115. The van der Waals surface area contributed by atoms with Crippen LogP contribution in [0.5, 0.6) is 5.75 Å². The van der Waals surface area contributed by atoms with Crippen molar-refractivity contribution in [2.75, 3.05) is 11.6 Å². The van der Waals surface area contributed by atoms with Crippen LogP contribution in [0.3, 0.4) is 0 Å². The molecule has 0 unspecified atom stereocenters. The van der Waals surface area contributed by atoms with E-state index in [1.807, 2.05) is 65.1 Å². The average molecular weight is 359 g/mol. The highest BCUT2D eigenvalue weighted by molar-refractivity contribution is 7.98. The van der Waals surface area contributed by atoms with Gasteiger partial charge in [0.1, 0.15) is 16.6 Å². The predicted octanol–water partition coefficient (Wildman–Crippen LogP) is 4.67. The first kappa shape index (κ1) is 19.2. The van der Waals surface area contributed by atoms with Gasteiger partial charge in [-0.1, -0.05) is 13.8 Å². The first-order valence-electron chi connectivity index (χ1n) is 8.32. The molecule has 0 aliphatic rings. The Hall–Kier alpha value is -2.08. The second kappa shape index (κ2) is 8.34. The summed E-state index contributed by atoms with van der Waals surface area (Å²) in [5.74, 6) is 1.55. The van der Waals surface area contributed by atoms with Crippen LogP contribution < -0.4 is 10.1 Å². The van der Waals surface area contributed by atoms with E-state index in [0.29, 0.717) is 22.0 Å². The third-order valence-electron chi connectivity index (χ3n) is 3.49. The smallest absolute Gasteiger partial charge is 0.260 e. The van der Waals surface area contributed by atoms with Crippen LogP contribution in [-0.4, -0.2) is 28.2 Å². The number of hydrogen-bond donors (Lipinski definition) is 1. The summed E-state index contributed by atoms with van der Waals surface area (Å²) in [4.78, 5) is 21.7. The Bertz CT molecular complexity index is 743. The number of anilines is 1. The molecule has 5 nitrogen and oxygen atoms in total. The number of amides is 1. The number of carbonyl (C=O) groups is 1. The fraction of sp³-hybridized carbons (Fsp3) is 0.421. The molecule has 1 aromatic heterocycles. The number of nitrogens with zero attached hydrogens (tertiary/aromatic N) is 2. The summed E-state index contributed by atoms with van der Waals surface area (Å²) in [6, 6.07) is 7.34. The van der Waals surface area contributed by atoms with Crippen LogP contribution in [-0.2, 0) is 0 Å². The van der Waals surface area contributed by atoms with Crippen molar-refractivity contribution in [3.8, 4) is 5.75 Å². The SMILES string of the molecule is CSc1nc(C(C)C)nc(C)c1C(=O)Nc1ccc(OC(C)C)cc1. The van der Waals surface area contributed by atoms with Gasteiger partial charge in [-0.05, 0) is 51.3 Å². The Morgan fingerprint density at radius 3 is 2.28 bits per heavy atom. The van der Waals surface area contributed by atoms with Crippen LogP contribution in [0, 0.1) is 6.92 Å². The molecule has 1 heterocycles. The lowest BCUT2D eigenvalue weighted by Gasteiger charge is -2.14. The van der Waals surface area contributed by atoms with Crippen LogP contribution in [0.4, 0.5) is 5.69 Å². The normalized spacial score (nSPS) is 11.0. The van der Waals surface area contributed by atoms with Crippen LogP contribution in [0.25, 0.3) is 0 Å². The lowest BCUT2D eigenvalue weighted by molar-refractivity contribution is 0.102. The molecule has 134 valence electrons. The zero-order valence-corrected chi connectivity index (χ0v) is 16.4. The molecule has 2 aromatic rings. The molecule has 25 heavy (non-hydrogen) atoms. The van der Waals surface area contributed by atoms with Crippen molar-refractivity contribution in [3.63, 3.8) is 0 Å². The molecule has 1 N–H and O–H groups in total. The standard InChI is InChI=1S/C19H25N3O2S/c1-11(2)17-20-13(5)16(19(22-17)25-6)18(23)21-14-7-9-15(10-8-14)24-12(3)4/h7-12H,1-6H3,(H,21,23). The largest absolute Gasteiger partial charge is 0.491 e. The van der Waals surface area contributed by atoms with E-state index in [2.05, 4.69) is 15.3 Å². The molecule has 0 atom stereocenters. The molecule has 0 saturated heterocycles.